The number of amides is 1. The molecular formula is C13H14N2OS. The lowest BCUT2D eigenvalue weighted by Crippen LogP contribution is -2.07. The molecule has 0 aliphatic carbocycles. The van der Waals surface area contributed by atoms with Crippen LogP contribution in [0.4, 0.5) is 5.69 Å². The van der Waals surface area contributed by atoms with Gasteiger partial charge in [-0.05, 0) is 30.9 Å². The van der Waals surface area contributed by atoms with Crippen molar-refractivity contribution in [1.29, 1.82) is 0 Å². The molecule has 0 fully saturated rings. The van der Waals surface area contributed by atoms with E-state index in [1.54, 1.807) is 18.0 Å². The zero-order valence-corrected chi connectivity index (χ0v) is 10.9. The van der Waals surface area contributed by atoms with Gasteiger partial charge in [0.1, 0.15) is 0 Å². The average Bonchev–Trinajstić information content (AvgIpc) is 2.32. The fourth-order valence-corrected chi connectivity index (χ4v) is 2.51. The number of rotatable bonds is 2. The molecule has 1 heterocycles. The molecule has 1 N–H and O–H groups in total. The van der Waals surface area contributed by atoms with E-state index in [0.717, 1.165) is 21.5 Å². The first-order valence-electron chi connectivity index (χ1n) is 5.33. The Morgan fingerprint density at radius 2 is 2.24 bits per heavy atom. The first-order valence-corrected chi connectivity index (χ1v) is 6.56. The maximum Gasteiger partial charge on any atom is 0.221 e. The molecule has 0 unspecified atom stereocenters. The zero-order chi connectivity index (χ0) is 12.4. The van der Waals surface area contributed by atoms with Gasteiger partial charge < -0.3 is 5.32 Å². The van der Waals surface area contributed by atoms with Crippen molar-refractivity contribution in [3.63, 3.8) is 0 Å². The molecule has 88 valence electrons. The maximum absolute atomic E-state index is 11.2. The van der Waals surface area contributed by atoms with E-state index in [2.05, 4.69) is 17.2 Å². The standard InChI is InChI=1S/C13H14N2OS/c1-8-10-5-4-6-14-13(10)11(15-9(2)16)7-12(8)17-3/h4-7H,1-3H3,(H,15,16). The second kappa shape index (κ2) is 4.75. The van der Waals surface area contributed by atoms with E-state index in [1.165, 1.54) is 12.5 Å². The molecular weight excluding hydrogens is 232 g/mol. The molecule has 1 aromatic heterocycles. The first-order chi connectivity index (χ1) is 8.13. The summed E-state index contributed by atoms with van der Waals surface area (Å²) in [7, 11) is 0. The number of hydrogen-bond acceptors (Lipinski definition) is 3. The fraction of sp³-hybridized carbons (Fsp3) is 0.231. The third-order valence-electron chi connectivity index (χ3n) is 2.64. The van der Waals surface area contributed by atoms with E-state index >= 15 is 0 Å². The Bertz CT molecular complexity index is 581. The number of aryl methyl sites for hydroxylation is 1. The molecule has 0 bridgehead atoms. The number of anilines is 1. The monoisotopic (exact) mass is 246 g/mol. The Kier molecular flexibility index (Phi) is 3.33. The molecule has 2 rings (SSSR count). The number of nitrogens with one attached hydrogen (secondary N) is 1. The van der Waals surface area contributed by atoms with Gasteiger partial charge in [-0.3, -0.25) is 9.78 Å². The van der Waals surface area contributed by atoms with Crippen molar-refractivity contribution in [3.05, 3.63) is 30.0 Å². The molecule has 0 spiro atoms. The summed E-state index contributed by atoms with van der Waals surface area (Å²) in [5, 5.41) is 3.92. The van der Waals surface area contributed by atoms with E-state index in [-0.39, 0.29) is 5.91 Å². The van der Waals surface area contributed by atoms with Crippen LogP contribution >= 0.6 is 11.8 Å². The number of aromatic nitrogens is 1. The SMILES string of the molecule is CSc1cc(NC(C)=O)c2ncccc2c1C. The van der Waals surface area contributed by atoms with Crippen LogP contribution in [0.25, 0.3) is 10.9 Å². The summed E-state index contributed by atoms with van der Waals surface area (Å²) in [6, 6.07) is 5.93. The summed E-state index contributed by atoms with van der Waals surface area (Å²) in [6.07, 6.45) is 3.77. The average molecular weight is 246 g/mol. The highest BCUT2D eigenvalue weighted by atomic mass is 32.2. The highest BCUT2D eigenvalue weighted by Crippen LogP contribution is 2.32. The van der Waals surface area contributed by atoms with Crippen molar-refractivity contribution in [2.75, 3.05) is 11.6 Å². The first kappa shape index (κ1) is 11.9. The van der Waals surface area contributed by atoms with E-state index < -0.39 is 0 Å². The third-order valence-corrected chi connectivity index (χ3v) is 3.51. The zero-order valence-electron chi connectivity index (χ0n) is 10.1. The van der Waals surface area contributed by atoms with Gasteiger partial charge >= 0.3 is 0 Å². The predicted molar refractivity (Wildman–Crippen MR) is 72.6 cm³/mol. The Morgan fingerprint density at radius 3 is 2.88 bits per heavy atom. The van der Waals surface area contributed by atoms with Gasteiger partial charge in [0.2, 0.25) is 5.91 Å². The van der Waals surface area contributed by atoms with Gasteiger partial charge in [0.05, 0.1) is 11.2 Å². The maximum atomic E-state index is 11.2. The number of nitrogens with zero attached hydrogens (tertiary/aromatic N) is 1. The Balaban J connectivity index is 2.73. The number of carbonyl (C=O) groups excluding carboxylic acids is 1. The molecule has 0 aliphatic heterocycles. The number of fused-ring (bicyclic) bond motifs is 1. The molecule has 0 saturated heterocycles. The summed E-state index contributed by atoms with van der Waals surface area (Å²) in [6.45, 7) is 3.58. The number of hydrogen-bond donors (Lipinski definition) is 1. The van der Waals surface area contributed by atoms with Gasteiger partial charge in [-0.1, -0.05) is 6.07 Å². The lowest BCUT2D eigenvalue weighted by Gasteiger charge is -2.12. The molecule has 1 amide bonds. The van der Waals surface area contributed by atoms with E-state index in [4.69, 9.17) is 0 Å². The molecule has 2 aromatic rings. The Hall–Kier alpha value is -1.55. The second-order valence-electron chi connectivity index (χ2n) is 3.83. The van der Waals surface area contributed by atoms with Gasteiger partial charge in [0, 0.05) is 23.4 Å². The van der Waals surface area contributed by atoms with Gasteiger partial charge in [-0.2, -0.15) is 0 Å². The minimum atomic E-state index is -0.0761. The number of carbonyl (C=O) groups is 1. The highest BCUT2D eigenvalue weighted by Gasteiger charge is 2.10. The number of benzene rings is 1. The van der Waals surface area contributed by atoms with Crippen LogP contribution in [0.2, 0.25) is 0 Å². The van der Waals surface area contributed by atoms with Crippen LogP contribution in [0.3, 0.4) is 0 Å². The van der Waals surface area contributed by atoms with Crippen LogP contribution in [0.5, 0.6) is 0 Å². The molecule has 4 heteroatoms. The van der Waals surface area contributed by atoms with Gasteiger partial charge in [-0.25, -0.2) is 0 Å². The van der Waals surface area contributed by atoms with Crippen LogP contribution in [0.1, 0.15) is 12.5 Å². The number of thioether (sulfide) groups is 1. The smallest absolute Gasteiger partial charge is 0.221 e. The molecule has 17 heavy (non-hydrogen) atoms. The lowest BCUT2D eigenvalue weighted by atomic mass is 10.1. The van der Waals surface area contributed by atoms with Crippen LogP contribution in [-0.2, 0) is 4.79 Å². The van der Waals surface area contributed by atoms with Crippen LogP contribution in [0.15, 0.2) is 29.3 Å². The predicted octanol–water partition coefficient (Wildman–Crippen LogP) is 3.22. The largest absolute Gasteiger partial charge is 0.324 e. The van der Waals surface area contributed by atoms with Gasteiger partial charge in [-0.15, -0.1) is 11.8 Å². The molecule has 0 aliphatic rings. The van der Waals surface area contributed by atoms with Crippen LogP contribution < -0.4 is 5.32 Å². The summed E-state index contributed by atoms with van der Waals surface area (Å²) < 4.78 is 0. The van der Waals surface area contributed by atoms with Crippen LogP contribution in [-0.4, -0.2) is 17.1 Å². The third kappa shape index (κ3) is 2.26. The van der Waals surface area contributed by atoms with Crippen LogP contribution in [0, 0.1) is 6.92 Å². The molecule has 0 radical (unpaired) electrons. The van der Waals surface area contributed by atoms with Crippen molar-refractivity contribution < 1.29 is 4.79 Å². The fourth-order valence-electron chi connectivity index (χ4n) is 1.86. The minimum Gasteiger partial charge on any atom is -0.324 e. The Labute approximate surface area is 105 Å². The topological polar surface area (TPSA) is 42.0 Å². The lowest BCUT2D eigenvalue weighted by molar-refractivity contribution is -0.114. The van der Waals surface area contributed by atoms with Crippen molar-refractivity contribution >= 4 is 34.3 Å². The second-order valence-corrected chi connectivity index (χ2v) is 4.68. The van der Waals surface area contributed by atoms with Crippen molar-refractivity contribution in [3.8, 4) is 0 Å². The van der Waals surface area contributed by atoms with E-state index in [1.807, 2.05) is 24.5 Å². The summed E-state index contributed by atoms with van der Waals surface area (Å²) in [4.78, 5) is 16.7. The summed E-state index contributed by atoms with van der Waals surface area (Å²) >= 11 is 1.67. The molecule has 0 atom stereocenters. The molecule has 1 aromatic carbocycles. The summed E-state index contributed by atoms with van der Waals surface area (Å²) in [5.41, 5.74) is 2.83. The molecule has 3 nitrogen and oxygen atoms in total. The minimum absolute atomic E-state index is 0.0761. The normalized spacial score (nSPS) is 10.5. The van der Waals surface area contributed by atoms with Crippen molar-refractivity contribution in [1.82, 2.24) is 4.98 Å². The highest BCUT2D eigenvalue weighted by molar-refractivity contribution is 7.98. The number of pyridine rings is 1. The van der Waals surface area contributed by atoms with Gasteiger partial charge in [0.25, 0.3) is 0 Å². The van der Waals surface area contributed by atoms with Gasteiger partial charge in [0.15, 0.2) is 0 Å². The van der Waals surface area contributed by atoms with E-state index in [0.29, 0.717) is 0 Å². The summed E-state index contributed by atoms with van der Waals surface area (Å²) in [5.74, 6) is -0.0761. The quantitative estimate of drug-likeness (QED) is 0.827. The van der Waals surface area contributed by atoms with E-state index in [9.17, 15) is 4.79 Å². The Morgan fingerprint density at radius 1 is 1.47 bits per heavy atom. The van der Waals surface area contributed by atoms with Crippen molar-refractivity contribution in [2.24, 2.45) is 0 Å². The van der Waals surface area contributed by atoms with Crippen molar-refractivity contribution in [2.45, 2.75) is 18.7 Å². The molecule has 0 saturated carbocycles.